The van der Waals surface area contributed by atoms with Gasteiger partial charge in [0, 0.05) is 23.6 Å². The quantitative estimate of drug-likeness (QED) is 0.827. The summed E-state index contributed by atoms with van der Waals surface area (Å²) in [5, 5.41) is 1.05. The maximum Gasteiger partial charge on any atom is 0.134 e. The van der Waals surface area contributed by atoms with Crippen LogP contribution in [0.5, 0.6) is 11.5 Å². The number of aromatic nitrogens is 1. The summed E-state index contributed by atoms with van der Waals surface area (Å²) in [6.45, 7) is 6.75. The molecule has 1 aromatic carbocycles. The minimum absolute atomic E-state index is 0.253. The van der Waals surface area contributed by atoms with E-state index in [1.807, 2.05) is 24.4 Å². The minimum atomic E-state index is 0.253. The predicted octanol–water partition coefficient (Wildman–Crippen LogP) is 3.98. The molecule has 0 N–H and O–H groups in total. The first-order chi connectivity index (χ1) is 9.46. The van der Waals surface area contributed by atoms with Crippen LogP contribution >= 0.6 is 0 Å². The van der Waals surface area contributed by atoms with Crippen molar-refractivity contribution in [3.8, 4) is 11.5 Å². The fourth-order valence-electron chi connectivity index (χ4n) is 2.85. The summed E-state index contributed by atoms with van der Waals surface area (Å²) in [5.41, 5.74) is 2.44. The van der Waals surface area contributed by atoms with E-state index < -0.39 is 0 Å². The van der Waals surface area contributed by atoms with E-state index in [0.717, 1.165) is 35.2 Å². The van der Waals surface area contributed by atoms with E-state index >= 15 is 0 Å². The highest BCUT2D eigenvalue weighted by molar-refractivity contribution is 5.88. The van der Waals surface area contributed by atoms with Gasteiger partial charge in [-0.3, -0.25) is 4.98 Å². The van der Waals surface area contributed by atoms with E-state index in [2.05, 4.69) is 25.8 Å². The van der Waals surface area contributed by atoms with Crippen molar-refractivity contribution in [1.82, 2.24) is 4.98 Å². The molecular weight excluding hydrogens is 250 g/mol. The lowest BCUT2D eigenvalue weighted by atomic mass is 9.88. The summed E-state index contributed by atoms with van der Waals surface area (Å²) in [4.78, 5) is 4.52. The summed E-state index contributed by atoms with van der Waals surface area (Å²) in [6, 6.07) is 5.93. The molecule has 106 valence electrons. The maximum absolute atomic E-state index is 6.20. The van der Waals surface area contributed by atoms with Crippen molar-refractivity contribution in [1.29, 1.82) is 0 Å². The van der Waals surface area contributed by atoms with E-state index in [1.54, 1.807) is 7.11 Å². The minimum Gasteiger partial charge on any atom is -0.497 e. The number of pyridine rings is 1. The number of hydrogen-bond acceptors (Lipinski definition) is 3. The van der Waals surface area contributed by atoms with Gasteiger partial charge in [0.25, 0.3) is 0 Å². The molecule has 1 unspecified atom stereocenters. The molecule has 0 aliphatic carbocycles. The third-order valence-corrected chi connectivity index (χ3v) is 3.67. The lowest BCUT2D eigenvalue weighted by Gasteiger charge is -2.22. The number of hydrogen-bond donors (Lipinski definition) is 0. The van der Waals surface area contributed by atoms with Crippen LogP contribution < -0.4 is 9.47 Å². The normalized spacial score (nSPS) is 17.9. The molecule has 3 nitrogen and oxygen atoms in total. The van der Waals surface area contributed by atoms with Crippen LogP contribution in [0.25, 0.3) is 10.9 Å². The molecule has 0 fully saturated rings. The van der Waals surface area contributed by atoms with Gasteiger partial charge >= 0.3 is 0 Å². The van der Waals surface area contributed by atoms with Crippen molar-refractivity contribution in [2.45, 2.75) is 39.7 Å². The molecule has 1 aliphatic heterocycles. The zero-order chi connectivity index (χ0) is 14.3. The van der Waals surface area contributed by atoms with Gasteiger partial charge in [0.2, 0.25) is 0 Å². The van der Waals surface area contributed by atoms with Crippen LogP contribution in [-0.4, -0.2) is 18.2 Å². The summed E-state index contributed by atoms with van der Waals surface area (Å²) in [6.07, 6.45) is 4.20. The summed E-state index contributed by atoms with van der Waals surface area (Å²) in [5.74, 6) is 1.83. The second-order valence-corrected chi connectivity index (χ2v) is 6.70. The number of nitrogens with zero attached hydrogens (tertiary/aromatic N) is 1. The first-order valence-corrected chi connectivity index (χ1v) is 7.08. The number of rotatable bonds is 2. The molecule has 0 spiro atoms. The molecule has 2 heterocycles. The molecule has 0 saturated heterocycles. The maximum atomic E-state index is 6.20. The van der Waals surface area contributed by atoms with Gasteiger partial charge in [-0.25, -0.2) is 0 Å². The van der Waals surface area contributed by atoms with Crippen molar-refractivity contribution < 1.29 is 9.47 Å². The molecule has 0 amide bonds. The van der Waals surface area contributed by atoms with E-state index in [1.165, 1.54) is 5.56 Å². The number of methoxy groups -OCH3 is 1. The largest absolute Gasteiger partial charge is 0.497 e. The van der Waals surface area contributed by atoms with Crippen LogP contribution in [0, 0.1) is 5.41 Å². The van der Waals surface area contributed by atoms with Gasteiger partial charge in [0.05, 0.1) is 12.6 Å². The summed E-state index contributed by atoms with van der Waals surface area (Å²) in [7, 11) is 1.68. The van der Waals surface area contributed by atoms with Crippen molar-refractivity contribution in [2.75, 3.05) is 7.11 Å². The second kappa shape index (κ2) is 4.65. The van der Waals surface area contributed by atoms with Crippen LogP contribution in [-0.2, 0) is 6.42 Å². The van der Waals surface area contributed by atoms with Gasteiger partial charge in [0.1, 0.15) is 17.6 Å². The highest BCUT2D eigenvalue weighted by Crippen LogP contribution is 2.39. The van der Waals surface area contributed by atoms with Crippen LogP contribution in [0.15, 0.2) is 24.4 Å². The van der Waals surface area contributed by atoms with Gasteiger partial charge in [-0.1, -0.05) is 20.8 Å². The van der Waals surface area contributed by atoms with E-state index in [9.17, 15) is 0 Å². The Hall–Kier alpha value is -1.77. The number of ether oxygens (including phenoxy) is 2. The zero-order valence-corrected chi connectivity index (χ0v) is 12.6. The van der Waals surface area contributed by atoms with Crippen LogP contribution in [0.2, 0.25) is 0 Å². The Labute approximate surface area is 119 Å². The first-order valence-electron chi connectivity index (χ1n) is 7.08. The third-order valence-electron chi connectivity index (χ3n) is 3.67. The highest BCUT2D eigenvalue weighted by Gasteiger charge is 2.29. The average Bonchev–Trinajstić information content (AvgIpc) is 2.78. The Kier molecular flexibility index (Phi) is 3.08. The molecule has 0 radical (unpaired) electrons. The molecular formula is C17H21NO2. The van der Waals surface area contributed by atoms with Crippen molar-refractivity contribution in [3.63, 3.8) is 0 Å². The Balaban J connectivity index is 1.98. The fraction of sp³-hybridized carbons (Fsp3) is 0.471. The smallest absolute Gasteiger partial charge is 0.134 e. The molecule has 1 aromatic heterocycles. The first kappa shape index (κ1) is 13.2. The van der Waals surface area contributed by atoms with Gasteiger partial charge in [-0.15, -0.1) is 0 Å². The van der Waals surface area contributed by atoms with Crippen molar-refractivity contribution >= 4 is 10.9 Å². The van der Waals surface area contributed by atoms with Crippen molar-refractivity contribution in [2.24, 2.45) is 5.41 Å². The van der Waals surface area contributed by atoms with Gasteiger partial charge < -0.3 is 9.47 Å². The van der Waals surface area contributed by atoms with E-state index in [-0.39, 0.29) is 11.5 Å². The van der Waals surface area contributed by atoms with Gasteiger partial charge in [0.15, 0.2) is 0 Å². The lowest BCUT2D eigenvalue weighted by Crippen LogP contribution is -2.21. The standard InChI is InChI=1S/C17H21NO2/c1-17(2,3)9-13-7-11-10-18-15-6-5-12(19-4)8-14(15)16(11)20-13/h5-6,8,10,13H,7,9H2,1-4H3. The topological polar surface area (TPSA) is 31.4 Å². The molecule has 3 heteroatoms. The summed E-state index contributed by atoms with van der Waals surface area (Å²) < 4.78 is 11.5. The Bertz CT molecular complexity index is 643. The Morgan fingerprint density at radius 1 is 1.35 bits per heavy atom. The van der Waals surface area contributed by atoms with E-state index in [0.29, 0.717) is 0 Å². The lowest BCUT2D eigenvalue weighted by molar-refractivity contribution is 0.168. The predicted molar refractivity (Wildman–Crippen MR) is 80.5 cm³/mol. The third kappa shape index (κ3) is 2.45. The molecule has 2 aromatic rings. The molecule has 1 aliphatic rings. The van der Waals surface area contributed by atoms with Crippen LogP contribution in [0.1, 0.15) is 32.8 Å². The molecule has 0 bridgehead atoms. The monoisotopic (exact) mass is 271 g/mol. The zero-order valence-electron chi connectivity index (χ0n) is 12.6. The summed E-state index contributed by atoms with van der Waals surface area (Å²) >= 11 is 0. The number of benzene rings is 1. The second-order valence-electron chi connectivity index (χ2n) is 6.70. The Morgan fingerprint density at radius 2 is 2.15 bits per heavy atom. The fourth-order valence-corrected chi connectivity index (χ4v) is 2.85. The molecule has 20 heavy (non-hydrogen) atoms. The number of fused-ring (bicyclic) bond motifs is 3. The SMILES string of the molecule is COc1ccc2ncc3c(c2c1)OC(CC(C)(C)C)C3. The van der Waals surface area contributed by atoms with Crippen LogP contribution in [0.4, 0.5) is 0 Å². The Morgan fingerprint density at radius 3 is 2.85 bits per heavy atom. The molecule has 1 atom stereocenters. The molecule has 0 saturated carbocycles. The molecule has 3 rings (SSSR count). The van der Waals surface area contributed by atoms with Crippen molar-refractivity contribution in [3.05, 3.63) is 30.0 Å². The van der Waals surface area contributed by atoms with Gasteiger partial charge in [-0.05, 0) is 30.0 Å². The van der Waals surface area contributed by atoms with Crippen LogP contribution in [0.3, 0.4) is 0 Å². The highest BCUT2D eigenvalue weighted by atomic mass is 16.5. The average molecular weight is 271 g/mol. The van der Waals surface area contributed by atoms with Gasteiger partial charge in [-0.2, -0.15) is 0 Å². The van der Waals surface area contributed by atoms with E-state index in [4.69, 9.17) is 9.47 Å².